The van der Waals surface area contributed by atoms with Gasteiger partial charge in [0.15, 0.2) is 0 Å². The van der Waals surface area contributed by atoms with Gasteiger partial charge in [0.2, 0.25) is 0 Å². The van der Waals surface area contributed by atoms with Crippen molar-refractivity contribution in [1.29, 1.82) is 0 Å². The summed E-state index contributed by atoms with van der Waals surface area (Å²) in [5, 5.41) is 0.624. The van der Waals surface area contributed by atoms with Gasteiger partial charge in [-0.05, 0) is 37.7 Å². The van der Waals surface area contributed by atoms with Crippen LogP contribution in [0.1, 0.15) is 30.7 Å². The smallest absolute Gasteiger partial charge is 0.332 e. The van der Waals surface area contributed by atoms with Crippen LogP contribution in [0.25, 0.3) is 10.2 Å². The first-order valence-electron chi connectivity index (χ1n) is 9.56. The first-order valence-corrected chi connectivity index (χ1v) is 10.4. The number of likely N-dealkylation sites (N-methyl/N-ethyl adjacent to an activating group) is 1. The molecule has 0 amide bonds. The van der Waals surface area contributed by atoms with Gasteiger partial charge in [0.25, 0.3) is 5.56 Å². The van der Waals surface area contributed by atoms with Crippen molar-refractivity contribution in [2.75, 3.05) is 27.2 Å². The van der Waals surface area contributed by atoms with Gasteiger partial charge in [0, 0.05) is 4.88 Å². The Hall–Kier alpha value is -1.93. The zero-order chi connectivity index (χ0) is 19.7. The number of aryl methyl sites for hydroxylation is 1. The molecule has 0 fully saturated rings. The van der Waals surface area contributed by atoms with Crippen LogP contribution in [-0.2, 0) is 35.5 Å². The third-order valence-corrected chi connectivity index (χ3v) is 6.40. The number of esters is 1. The molecule has 148 valence electrons. The SMILES string of the molecule is CCOC(=O)Cn1c(=O)c2c3c(sc2n(CC[NH+](C)C)c1=O)CC[C@H](C)C3. The van der Waals surface area contributed by atoms with Crippen molar-refractivity contribution in [3.63, 3.8) is 0 Å². The third-order valence-electron chi connectivity index (χ3n) is 5.08. The van der Waals surface area contributed by atoms with E-state index in [1.54, 1.807) is 22.8 Å². The first kappa shape index (κ1) is 19.8. The summed E-state index contributed by atoms with van der Waals surface area (Å²) in [5.74, 6) is -0.0434. The highest BCUT2D eigenvalue weighted by atomic mass is 32.1. The average Bonchev–Trinajstić information content (AvgIpc) is 2.97. The van der Waals surface area contributed by atoms with Crippen molar-refractivity contribution in [2.24, 2.45) is 5.92 Å². The van der Waals surface area contributed by atoms with Crippen molar-refractivity contribution in [3.05, 3.63) is 31.3 Å². The number of hydrogen-bond donors (Lipinski definition) is 1. The summed E-state index contributed by atoms with van der Waals surface area (Å²) in [5.41, 5.74) is 0.291. The van der Waals surface area contributed by atoms with E-state index < -0.39 is 11.7 Å². The lowest BCUT2D eigenvalue weighted by molar-refractivity contribution is -0.858. The molecule has 0 aromatic carbocycles. The quantitative estimate of drug-likeness (QED) is 0.703. The zero-order valence-corrected chi connectivity index (χ0v) is 17.3. The fourth-order valence-electron chi connectivity index (χ4n) is 3.62. The van der Waals surface area contributed by atoms with Gasteiger partial charge in [-0.3, -0.25) is 14.2 Å². The largest absolute Gasteiger partial charge is 0.465 e. The normalized spacial score (nSPS) is 16.7. The molecule has 27 heavy (non-hydrogen) atoms. The molecule has 3 rings (SSSR count). The molecular formula is C19H28N3O4S+. The lowest BCUT2D eigenvalue weighted by atomic mass is 9.89. The first-order chi connectivity index (χ1) is 12.8. The van der Waals surface area contributed by atoms with Crippen LogP contribution >= 0.6 is 11.3 Å². The van der Waals surface area contributed by atoms with Gasteiger partial charge in [-0.15, -0.1) is 11.3 Å². The number of hydrogen-bond acceptors (Lipinski definition) is 5. The maximum Gasteiger partial charge on any atom is 0.332 e. The second-order valence-corrected chi connectivity index (χ2v) is 8.70. The van der Waals surface area contributed by atoms with Gasteiger partial charge < -0.3 is 9.64 Å². The highest BCUT2D eigenvalue weighted by molar-refractivity contribution is 7.18. The zero-order valence-electron chi connectivity index (χ0n) is 16.5. The van der Waals surface area contributed by atoms with Crippen LogP contribution in [0.4, 0.5) is 0 Å². The minimum atomic E-state index is -0.557. The molecule has 1 aliphatic rings. The molecule has 0 aliphatic heterocycles. The van der Waals surface area contributed by atoms with E-state index >= 15 is 0 Å². The van der Waals surface area contributed by atoms with Crippen LogP contribution in [-0.4, -0.2) is 42.4 Å². The monoisotopic (exact) mass is 394 g/mol. The molecule has 0 saturated heterocycles. The van der Waals surface area contributed by atoms with Gasteiger partial charge in [-0.1, -0.05) is 6.92 Å². The summed E-state index contributed by atoms with van der Waals surface area (Å²) >= 11 is 1.57. The van der Waals surface area contributed by atoms with Gasteiger partial charge >= 0.3 is 11.7 Å². The van der Waals surface area contributed by atoms with Crippen molar-refractivity contribution in [3.8, 4) is 0 Å². The minimum absolute atomic E-state index is 0.222. The van der Waals surface area contributed by atoms with E-state index in [1.807, 2.05) is 14.1 Å². The molecule has 2 heterocycles. The van der Waals surface area contributed by atoms with Gasteiger partial charge in [-0.25, -0.2) is 9.36 Å². The Kier molecular flexibility index (Phi) is 5.86. The van der Waals surface area contributed by atoms with E-state index in [-0.39, 0.29) is 18.7 Å². The molecule has 2 aromatic rings. The Morgan fingerprint density at radius 1 is 1.30 bits per heavy atom. The van der Waals surface area contributed by atoms with Gasteiger partial charge in [0.05, 0.1) is 39.2 Å². The van der Waals surface area contributed by atoms with Crippen LogP contribution in [0.3, 0.4) is 0 Å². The van der Waals surface area contributed by atoms with Crippen LogP contribution in [0, 0.1) is 5.92 Å². The van der Waals surface area contributed by atoms with E-state index in [0.717, 1.165) is 40.8 Å². The Bertz CT molecular complexity index is 970. The minimum Gasteiger partial charge on any atom is -0.465 e. The predicted molar refractivity (Wildman–Crippen MR) is 106 cm³/mol. The number of nitrogens with one attached hydrogen (secondary N) is 1. The number of quaternary nitrogens is 1. The highest BCUT2D eigenvalue weighted by Crippen LogP contribution is 2.36. The second kappa shape index (κ2) is 7.98. The Labute approximate surface area is 162 Å². The van der Waals surface area contributed by atoms with Crippen LogP contribution in [0.15, 0.2) is 9.59 Å². The van der Waals surface area contributed by atoms with Crippen molar-refractivity contribution in [2.45, 2.75) is 46.2 Å². The summed E-state index contributed by atoms with van der Waals surface area (Å²) in [6, 6.07) is 0. The maximum atomic E-state index is 13.2. The molecule has 0 spiro atoms. The number of ether oxygens (including phenoxy) is 1. The summed E-state index contributed by atoms with van der Waals surface area (Å²) in [6.07, 6.45) is 2.89. The maximum absolute atomic E-state index is 13.2. The number of aromatic nitrogens is 2. The van der Waals surface area contributed by atoms with Crippen LogP contribution in [0.2, 0.25) is 0 Å². The van der Waals surface area contributed by atoms with E-state index in [2.05, 4.69) is 6.92 Å². The summed E-state index contributed by atoms with van der Waals surface area (Å²) in [6.45, 7) is 5.05. The fraction of sp³-hybridized carbons (Fsp3) is 0.632. The average molecular weight is 395 g/mol. The second-order valence-electron chi connectivity index (χ2n) is 7.62. The Balaban J connectivity index is 2.22. The predicted octanol–water partition coefficient (Wildman–Crippen LogP) is 0.0571. The molecule has 1 N–H and O–H groups in total. The molecule has 0 unspecified atom stereocenters. The molecule has 1 aliphatic carbocycles. The van der Waals surface area contributed by atoms with Crippen molar-refractivity contribution < 1.29 is 14.4 Å². The molecule has 8 heteroatoms. The van der Waals surface area contributed by atoms with Gasteiger partial charge in [0.1, 0.15) is 11.4 Å². The fourth-order valence-corrected chi connectivity index (χ4v) is 4.97. The topological polar surface area (TPSA) is 74.7 Å². The van der Waals surface area contributed by atoms with E-state index in [9.17, 15) is 14.4 Å². The standard InChI is InChI=1S/C19H27N3O4S/c1-5-26-15(23)11-22-17(24)16-13-10-12(2)6-7-14(13)27-18(16)21(19(22)25)9-8-20(3)4/h12H,5-11H2,1-4H3/p+1/t12-/m0/s1. The molecule has 1 atom stereocenters. The number of thiophene rings is 1. The molecule has 0 radical (unpaired) electrons. The molecule has 0 bridgehead atoms. The summed E-state index contributed by atoms with van der Waals surface area (Å²) in [7, 11) is 4.05. The van der Waals surface area contributed by atoms with E-state index in [0.29, 0.717) is 17.8 Å². The van der Waals surface area contributed by atoms with Gasteiger partial charge in [-0.2, -0.15) is 0 Å². The van der Waals surface area contributed by atoms with Crippen molar-refractivity contribution in [1.82, 2.24) is 9.13 Å². The number of nitrogens with zero attached hydrogens (tertiary/aromatic N) is 2. The number of carbonyl (C=O) groups is 1. The lowest BCUT2D eigenvalue weighted by Gasteiger charge is -2.18. The summed E-state index contributed by atoms with van der Waals surface area (Å²) < 4.78 is 7.70. The third kappa shape index (κ3) is 3.87. The number of rotatable bonds is 6. The Morgan fingerprint density at radius 2 is 2.04 bits per heavy atom. The van der Waals surface area contributed by atoms with E-state index in [4.69, 9.17) is 4.74 Å². The molecule has 0 saturated carbocycles. The number of fused-ring (bicyclic) bond motifs is 3. The lowest BCUT2D eigenvalue weighted by Crippen LogP contribution is -3.06. The molecule has 2 aromatic heterocycles. The Morgan fingerprint density at radius 3 is 2.70 bits per heavy atom. The van der Waals surface area contributed by atoms with E-state index in [1.165, 1.54) is 9.78 Å². The highest BCUT2D eigenvalue weighted by Gasteiger charge is 2.26. The molecule has 7 nitrogen and oxygen atoms in total. The molecular weight excluding hydrogens is 366 g/mol. The van der Waals surface area contributed by atoms with Crippen LogP contribution < -0.4 is 16.1 Å². The van der Waals surface area contributed by atoms with Crippen molar-refractivity contribution >= 4 is 27.5 Å². The van der Waals surface area contributed by atoms with Crippen LogP contribution in [0.5, 0.6) is 0 Å². The number of carbonyl (C=O) groups excluding carboxylic acids is 1. The summed E-state index contributed by atoms with van der Waals surface area (Å²) in [4.78, 5) is 41.4.